The summed E-state index contributed by atoms with van der Waals surface area (Å²) in [6, 6.07) is 8.74. The number of anilines is 1. The quantitative estimate of drug-likeness (QED) is 0.732. The number of hydrogen-bond donors (Lipinski definition) is 2. The van der Waals surface area contributed by atoms with E-state index in [0.717, 1.165) is 0 Å². The van der Waals surface area contributed by atoms with Crippen LogP contribution in [-0.2, 0) is 11.3 Å². The molecule has 0 bridgehead atoms. The molecule has 0 saturated carbocycles. The van der Waals surface area contributed by atoms with Gasteiger partial charge in [0.2, 0.25) is 11.1 Å². The van der Waals surface area contributed by atoms with Crippen LogP contribution < -0.4 is 11.1 Å². The highest BCUT2D eigenvalue weighted by Gasteiger charge is 2.09. The molecule has 1 aromatic heterocycles. The lowest BCUT2D eigenvalue weighted by atomic mass is 10.2. The van der Waals surface area contributed by atoms with Crippen LogP contribution in [0.5, 0.6) is 0 Å². The molecule has 0 aliphatic heterocycles. The Hall–Kier alpha value is -2.44. The van der Waals surface area contributed by atoms with Gasteiger partial charge >= 0.3 is 0 Å². The van der Waals surface area contributed by atoms with Gasteiger partial charge in [-0.3, -0.25) is 4.79 Å². The fourth-order valence-corrected chi connectivity index (χ4v) is 2.26. The monoisotopic (exact) mass is 303 g/mol. The first-order chi connectivity index (χ1) is 10.2. The fraction of sp³-hybridized carbons (Fsp3) is 0.250. The molecule has 1 heterocycles. The number of carbonyl (C=O) groups is 1. The lowest BCUT2D eigenvalue weighted by molar-refractivity contribution is -0.113. The molecule has 1 amide bonds. The molecule has 0 radical (unpaired) electrons. The van der Waals surface area contributed by atoms with E-state index in [1.807, 2.05) is 6.07 Å². The minimum absolute atomic E-state index is 0.168. The molecule has 21 heavy (non-hydrogen) atoms. The average Bonchev–Trinajstić information content (AvgIpc) is 2.93. The molecule has 9 heteroatoms. The second-order valence-electron chi connectivity index (χ2n) is 4.00. The van der Waals surface area contributed by atoms with Gasteiger partial charge in [-0.15, -0.1) is 5.10 Å². The fourth-order valence-electron chi connectivity index (χ4n) is 1.56. The summed E-state index contributed by atoms with van der Waals surface area (Å²) in [4.78, 5) is 11.9. The Bertz CT molecular complexity index is 664. The Morgan fingerprint density at radius 2 is 2.38 bits per heavy atom. The largest absolute Gasteiger partial charge is 0.329 e. The zero-order chi connectivity index (χ0) is 15.1. The molecule has 0 saturated heterocycles. The van der Waals surface area contributed by atoms with Crippen LogP contribution in [0.3, 0.4) is 0 Å². The molecule has 2 aromatic rings. The number of thioether (sulfide) groups is 1. The Balaban J connectivity index is 1.90. The molecule has 108 valence electrons. The number of nitrogens with one attached hydrogen (secondary N) is 1. The van der Waals surface area contributed by atoms with E-state index in [1.165, 1.54) is 11.8 Å². The summed E-state index contributed by atoms with van der Waals surface area (Å²) in [6.07, 6.45) is 0. The second-order valence-corrected chi connectivity index (χ2v) is 4.95. The first kappa shape index (κ1) is 15.0. The van der Waals surface area contributed by atoms with E-state index in [2.05, 4.69) is 20.8 Å². The smallest absolute Gasteiger partial charge is 0.234 e. The molecule has 2 rings (SSSR count). The molecule has 1 aromatic carbocycles. The normalized spacial score (nSPS) is 10.1. The van der Waals surface area contributed by atoms with Crippen LogP contribution in [0.25, 0.3) is 0 Å². The van der Waals surface area contributed by atoms with Crippen LogP contribution in [0.1, 0.15) is 5.56 Å². The molecule has 8 nitrogen and oxygen atoms in total. The van der Waals surface area contributed by atoms with Gasteiger partial charge < -0.3 is 11.1 Å². The number of benzene rings is 1. The van der Waals surface area contributed by atoms with E-state index in [1.54, 1.807) is 28.9 Å². The van der Waals surface area contributed by atoms with Crippen molar-refractivity contribution in [2.75, 3.05) is 17.6 Å². The molecular weight excluding hydrogens is 290 g/mol. The van der Waals surface area contributed by atoms with Crippen LogP contribution in [0.15, 0.2) is 29.4 Å². The second kappa shape index (κ2) is 7.37. The predicted octanol–water partition coefficient (Wildman–Crippen LogP) is 0.234. The van der Waals surface area contributed by atoms with Crippen molar-refractivity contribution in [3.8, 4) is 6.07 Å². The van der Waals surface area contributed by atoms with Gasteiger partial charge in [-0.2, -0.15) is 5.26 Å². The topological polar surface area (TPSA) is 123 Å². The van der Waals surface area contributed by atoms with Crippen molar-refractivity contribution in [1.82, 2.24) is 20.2 Å². The molecule has 3 N–H and O–H groups in total. The number of amides is 1. The maximum absolute atomic E-state index is 11.9. The van der Waals surface area contributed by atoms with Crippen LogP contribution in [0.4, 0.5) is 5.69 Å². The zero-order valence-electron chi connectivity index (χ0n) is 11.1. The zero-order valence-corrected chi connectivity index (χ0v) is 11.9. The van der Waals surface area contributed by atoms with Crippen molar-refractivity contribution in [3.05, 3.63) is 29.8 Å². The van der Waals surface area contributed by atoms with Gasteiger partial charge in [-0.1, -0.05) is 17.8 Å². The number of tetrazole rings is 1. The van der Waals surface area contributed by atoms with Crippen LogP contribution in [-0.4, -0.2) is 38.4 Å². The Morgan fingerprint density at radius 1 is 1.52 bits per heavy atom. The van der Waals surface area contributed by atoms with Crippen molar-refractivity contribution in [2.45, 2.75) is 11.7 Å². The van der Waals surface area contributed by atoms with Crippen molar-refractivity contribution in [3.63, 3.8) is 0 Å². The van der Waals surface area contributed by atoms with Gasteiger partial charge in [0.15, 0.2) is 0 Å². The molecular formula is C12H13N7OS. The summed E-state index contributed by atoms with van der Waals surface area (Å²) in [6.45, 7) is 0.924. The number of aromatic nitrogens is 4. The van der Waals surface area contributed by atoms with E-state index in [0.29, 0.717) is 29.5 Å². The minimum atomic E-state index is -0.197. The summed E-state index contributed by atoms with van der Waals surface area (Å²) in [5, 5.41) is 23.2. The van der Waals surface area contributed by atoms with E-state index < -0.39 is 0 Å². The van der Waals surface area contributed by atoms with Gasteiger partial charge in [0.1, 0.15) is 0 Å². The van der Waals surface area contributed by atoms with Crippen LogP contribution in [0.2, 0.25) is 0 Å². The first-order valence-corrected chi connectivity index (χ1v) is 7.10. The minimum Gasteiger partial charge on any atom is -0.329 e. The van der Waals surface area contributed by atoms with E-state index >= 15 is 0 Å². The molecule has 0 spiro atoms. The molecule has 0 atom stereocenters. The number of carbonyl (C=O) groups excluding carboxylic acids is 1. The van der Waals surface area contributed by atoms with Crippen molar-refractivity contribution in [1.29, 1.82) is 5.26 Å². The molecule has 0 unspecified atom stereocenters. The number of nitrogens with two attached hydrogens (primary N) is 1. The third-order valence-corrected chi connectivity index (χ3v) is 3.40. The van der Waals surface area contributed by atoms with Gasteiger partial charge in [0, 0.05) is 12.2 Å². The standard InChI is InChI=1S/C12H13N7OS/c13-4-5-19-12(16-17-18-19)21-8-11(20)15-10-3-1-2-9(6-10)7-14/h1-3,6H,4-5,8,13H2,(H,15,20). The van der Waals surface area contributed by atoms with Gasteiger partial charge in [-0.05, 0) is 28.6 Å². The molecule has 0 aliphatic rings. The highest BCUT2D eigenvalue weighted by Crippen LogP contribution is 2.15. The van der Waals surface area contributed by atoms with Crippen molar-refractivity contribution < 1.29 is 4.79 Å². The van der Waals surface area contributed by atoms with E-state index in [9.17, 15) is 4.79 Å². The van der Waals surface area contributed by atoms with Crippen molar-refractivity contribution in [2.24, 2.45) is 5.73 Å². The predicted molar refractivity (Wildman–Crippen MR) is 77.4 cm³/mol. The van der Waals surface area contributed by atoms with E-state index in [4.69, 9.17) is 11.0 Å². The average molecular weight is 303 g/mol. The number of hydrogen-bond acceptors (Lipinski definition) is 7. The number of nitrogens with zero attached hydrogens (tertiary/aromatic N) is 5. The third-order valence-electron chi connectivity index (χ3n) is 2.45. The molecule has 0 fully saturated rings. The highest BCUT2D eigenvalue weighted by molar-refractivity contribution is 7.99. The highest BCUT2D eigenvalue weighted by atomic mass is 32.2. The summed E-state index contributed by atoms with van der Waals surface area (Å²) in [5.74, 6) is -0.0285. The first-order valence-electron chi connectivity index (χ1n) is 6.12. The van der Waals surface area contributed by atoms with Gasteiger partial charge in [0.05, 0.1) is 23.9 Å². The summed E-state index contributed by atoms with van der Waals surface area (Å²) < 4.78 is 1.55. The SMILES string of the molecule is N#Cc1cccc(NC(=O)CSc2nnnn2CCN)c1. The van der Waals surface area contributed by atoms with Gasteiger partial charge in [-0.25, -0.2) is 4.68 Å². The maximum Gasteiger partial charge on any atom is 0.234 e. The lowest BCUT2D eigenvalue weighted by Crippen LogP contribution is -2.16. The van der Waals surface area contributed by atoms with Crippen LogP contribution in [0, 0.1) is 11.3 Å². The van der Waals surface area contributed by atoms with E-state index in [-0.39, 0.29) is 11.7 Å². The summed E-state index contributed by atoms with van der Waals surface area (Å²) >= 11 is 1.23. The Labute approximate surface area is 125 Å². The third kappa shape index (κ3) is 4.27. The maximum atomic E-state index is 11.9. The van der Waals surface area contributed by atoms with Crippen molar-refractivity contribution >= 4 is 23.4 Å². The Kier molecular flexibility index (Phi) is 5.25. The molecule has 0 aliphatic carbocycles. The van der Waals surface area contributed by atoms with Crippen LogP contribution >= 0.6 is 11.8 Å². The Morgan fingerprint density at radius 3 is 3.14 bits per heavy atom. The van der Waals surface area contributed by atoms with Gasteiger partial charge in [0.25, 0.3) is 0 Å². The summed E-state index contributed by atoms with van der Waals surface area (Å²) in [7, 11) is 0. The summed E-state index contributed by atoms with van der Waals surface area (Å²) in [5.41, 5.74) is 6.52. The number of nitriles is 1. The lowest BCUT2D eigenvalue weighted by Gasteiger charge is -2.05. The number of rotatable bonds is 6.